The minimum Gasteiger partial charge on any atom is -0.478 e. The zero-order valence-corrected chi connectivity index (χ0v) is 14.2. The van der Waals surface area contributed by atoms with Gasteiger partial charge < -0.3 is 9.90 Å². The van der Waals surface area contributed by atoms with E-state index in [1.807, 2.05) is 19.1 Å². The van der Waals surface area contributed by atoms with Gasteiger partial charge in [0.2, 0.25) is 0 Å². The molecule has 1 N–H and O–H groups in total. The fourth-order valence-corrected chi connectivity index (χ4v) is 1.20. The van der Waals surface area contributed by atoms with E-state index in [1.54, 1.807) is 48.8 Å². The standard InChI is InChI=1S/C8H7O.C7H6O2.La/c1-7-2-4-8(6-9)5-3-7;8-7(9)6-4-2-1-3-5-6;/h2-5H,1H3;1-5H,(H,8,9);/q-1;;. The Morgan fingerprint density at radius 3 is 1.89 bits per heavy atom. The van der Waals surface area contributed by atoms with Gasteiger partial charge in [-0.2, -0.15) is 17.7 Å². The van der Waals surface area contributed by atoms with Gasteiger partial charge in [0.25, 0.3) is 0 Å². The summed E-state index contributed by atoms with van der Waals surface area (Å²) in [5.74, 6) is -0.879. The summed E-state index contributed by atoms with van der Waals surface area (Å²) in [6.45, 7) is 1.98. The van der Waals surface area contributed by atoms with Gasteiger partial charge in [-0.3, -0.25) is 0 Å². The molecule has 0 spiro atoms. The van der Waals surface area contributed by atoms with Crippen LogP contribution in [0.15, 0.2) is 54.6 Å². The van der Waals surface area contributed by atoms with E-state index >= 15 is 0 Å². The number of hydrogen-bond donors (Lipinski definition) is 1. The molecular formula is C15H13LaO3-. The number of carboxylic acid groups (broad SMARTS) is 1. The summed E-state index contributed by atoms with van der Waals surface area (Å²) in [5, 5.41) is 8.38. The van der Waals surface area contributed by atoms with Crippen molar-refractivity contribution in [3.05, 3.63) is 71.3 Å². The van der Waals surface area contributed by atoms with Crippen molar-refractivity contribution in [2.75, 3.05) is 0 Å². The first-order valence-corrected chi connectivity index (χ1v) is 5.36. The molecule has 19 heavy (non-hydrogen) atoms. The van der Waals surface area contributed by atoms with E-state index in [2.05, 4.69) is 0 Å². The van der Waals surface area contributed by atoms with Gasteiger partial charge in [0.05, 0.1) is 11.8 Å². The SMILES string of the molecule is Cc1ccc([C-]=O)cc1.O=C(O)c1ccccc1.[La]. The first kappa shape index (κ1) is 17.8. The van der Waals surface area contributed by atoms with Crippen LogP contribution in [0.2, 0.25) is 0 Å². The molecule has 0 saturated heterocycles. The smallest absolute Gasteiger partial charge is 0.335 e. The molecule has 0 aromatic heterocycles. The van der Waals surface area contributed by atoms with Gasteiger partial charge in [0.15, 0.2) is 0 Å². The van der Waals surface area contributed by atoms with Crippen LogP contribution in [0, 0.1) is 42.5 Å². The molecule has 2 aromatic carbocycles. The molecule has 95 valence electrons. The number of benzene rings is 2. The second kappa shape index (κ2) is 9.67. The summed E-state index contributed by atoms with van der Waals surface area (Å²) in [7, 11) is 0. The number of hydrogen-bond acceptors (Lipinski definition) is 2. The van der Waals surface area contributed by atoms with Crippen molar-refractivity contribution in [3.63, 3.8) is 0 Å². The molecule has 3 nitrogen and oxygen atoms in total. The summed E-state index contributed by atoms with van der Waals surface area (Å²) in [4.78, 5) is 20.2. The molecule has 2 aromatic rings. The van der Waals surface area contributed by atoms with Crippen molar-refractivity contribution in [1.29, 1.82) is 0 Å². The second-order valence-electron chi connectivity index (χ2n) is 3.64. The Kier molecular flexibility index (Phi) is 9.05. The number of carbonyl (C=O) groups is 1. The Morgan fingerprint density at radius 2 is 1.53 bits per heavy atom. The minimum atomic E-state index is -0.879. The Bertz CT molecular complexity index is 507. The quantitative estimate of drug-likeness (QED) is 0.816. The van der Waals surface area contributed by atoms with Crippen LogP contribution in [0.25, 0.3) is 0 Å². The van der Waals surface area contributed by atoms with Gasteiger partial charge in [-0.05, 0) is 19.1 Å². The molecule has 0 unspecified atom stereocenters. The number of aryl methyl sites for hydroxylation is 1. The van der Waals surface area contributed by atoms with Crippen molar-refractivity contribution < 1.29 is 50.3 Å². The Labute approximate surface area is 140 Å². The average molecular weight is 380 g/mol. The minimum absolute atomic E-state index is 0. The van der Waals surface area contributed by atoms with Gasteiger partial charge in [-0.15, -0.1) is 12.1 Å². The largest absolute Gasteiger partial charge is 0.478 e. The molecule has 0 bridgehead atoms. The second-order valence-corrected chi connectivity index (χ2v) is 3.64. The van der Waals surface area contributed by atoms with Crippen molar-refractivity contribution >= 4 is 12.3 Å². The van der Waals surface area contributed by atoms with Gasteiger partial charge in [-0.25, -0.2) is 4.79 Å². The molecule has 0 atom stereocenters. The third-order valence-electron chi connectivity index (χ3n) is 2.19. The first-order valence-electron chi connectivity index (χ1n) is 5.36. The van der Waals surface area contributed by atoms with Crippen LogP contribution >= 0.6 is 0 Å². The van der Waals surface area contributed by atoms with E-state index in [0.29, 0.717) is 11.1 Å². The molecule has 4 heteroatoms. The van der Waals surface area contributed by atoms with Crippen LogP contribution in [0.5, 0.6) is 0 Å². The van der Waals surface area contributed by atoms with E-state index in [4.69, 9.17) is 5.11 Å². The zero-order chi connectivity index (χ0) is 13.4. The fourth-order valence-electron chi connectivity index (χ4n) is 1.20. The maximum Gasteiger partial charge on any atom is 0.335 e. The Morgan fingerprint density at radius 1 is 1.00 bits per heavy atom. The van der Waals surface area contributed by atoms with Crippen LogP contribution in [0.4, 0.5) is 0 Å². The third-order valence-corrected chi connectivity index (χ3v) is 2.19. The van der Waals surface area contributed by atoms with Crippen molar-refractivity contribution in [3.8, 4) is 0 Å². The topological polar surface area (TPSA) is 54.4 Å². The van der Waals surface area contributed by atoms with Gasteiger partial charge in [0.1, 0.15) is 0 Å². The molecule has 0 aliphatic heterocycles. The van der Waals surface area contributed by atoms with Crippen LogP contribution in [-0.2, 0) is 4.79 Å². The van der Waals surface area contributed by atoms with Crippen molar-refractivity contribution in [2.24, 2.45) is 0 Å². The van der Waals surface area contributed by atoms with Gasteiger partial charge >= 0.3 is 5.97 Å². The van der Waals surface area contributed by atoms with Crippen LogP contribution in [-0.4, -0.2) is 17.4 Å². The summed E-state index contributed by atoms with van der Waals surface area (Å²) in [6.07, 6.45) is 1.80. The molecular weight excluding hydrogens is 367 g/mol. The average Bonchev–Trinajstić information content (AvgIpc) is 2.41. The molecule has 0 heterocycles. The predicted octanol–water partition coefficient (Wildman–Crippen LogP) is 2.84. The zero-order valence-electron chi connectivity index (χ0n) is 10.5. The summed E-state index contributed by atoms with van der Waals surface area (Å²) in [5.41, 5.74) is 2.10. The van der Waals surface area contributed by atoms with Gasteiger partial charge in [-0.1, -0.05) is 23.8 Å². The van der Waals surface area contributed by atoms with E-state index in [-0.39, 0.29) is 35.6 Å². The van der Waals surface area contributed by atoms with Crippen LogP contribution < -0.4 is 0 Å². The summed E-state index contributed by atoms with van der Waals surface area (Å²) < 4.78 is 0. The number of rotatable bonds is 2. The van der Waals surface area contributed by atoms with Crippen LogP contribution in [0.1, 0.15) is 21.5 Å². The molecule has 0 aliphatic carbocycles. The van der Waals surface area contributed by atoms with E-state index in [1.165, 1.54) is 0 Å². The molecule has 0 aliphatic rings. The fraction of sp³-hybridized carbons (Fsp3) is 0.0667. The normalized spacial score (nSPS) is 8.47. The maximum absolute atomic E-state index is 10.2. The summed E-state index contributed by atoms with van der Waals surface area (Å²) >= 11 is 0. The van der Waals surface area contributed by atoms with E-state index < -0.39 is 5.97 Å². The number of carbonyl (C=O) groups excluding carboxylic acids is 1. The molecule has 1 radical (unpaired) electrons. The maximum atomic E-state index is 10.2. The van der Waals surface area contributed by atoms with Crippen molar-refractivity contribution in [2.45, 2.75) is 6.92 Å². The molecule has 0 fully saturated rings. The predicted molar refractivity (Wildman–Crippen MR) is 69.4 cm³/mol. The Hall–Kier alpha value is -1.23. The number of carboxylic acids is 1. The molecule has 2 rings (SSSR count). The first-order chi connectivity index (χ1) is 8.63. The number of aromatic carboxylic acids is 1. The summed E-state index contributed by atoms with van der Waals surface area (Å²) in [6, 6.07) is 15.6. The molecule has 0 amide bonds. The van der Waals surface area contributed by atoms with Gasteiger partial charge in [0, 0.05) is 35.6 Å². The van der Waals surface area contributed by atoms with E-state index in [9.17, 15) is 9.59 Å². The molecule has 0 saturated carbocycles. The van der Waals surface area contributed by atoms with E-state index in [0.717, 1.165) is 5.56 Å². The Balaban J connectivity index is 0.000000324. The monoisotopic (exact) mass is 380 g/mol. The van der Waals surface area contributed by atoms with Crippen molar-refractivity contribution in [1.82, 2.24) is 0 Å². The van der Waals surface area contributed by atoms with Crippen LogP contribution in [0.3, 0.4) is 0 Å². The third kappa shape index (κ3) is 7.06.